The van der Waals surface area contributed by atoms with Crippen LogP contribution in [0.4, 0.5) is 37.7 Å². The number of carbonyl (C=O) groups excluding carboxylic acids is 2. The molecule has 206 valence electrons. The lowest BCUT2D eigenvalue weighted by Crippen LogP contribution is -2.50. The van der Waals surface area contributed by atoms with Crippen molar-refractivity contribution in [2.75, 3.05) is 36.9 Å². The van der Waals surface area contributed by atoms with E-state index in [9.17, 15) is 31.5 Å². The molecule has 1 saturated heterocycles. The third-order valence-electron chi connectivity index (χ3n) is 6.71. The molecule has 0 radical (unpaired) electrons. The van der Waals surface area contributed by atoms with Gasteiger partial charge in [-0.3, -0.25) is 9.59 Å². The molecular weight excluding hydrogens is 526 g/mol. The second-order valence-electron chi connectivity index (χ2n) is 9.33. The largest absolute Gasteiger partial charge is 0.417 e. The van der Waals surface area contributed by atoms with E-state index in [-0.39, 0.29) is 34.6 Å². The number of nitrogens with zero attached hydrogens (tertiary/aromatic N) is 2. The van der Waals surface area contributed by atoms with Crippen molar-refractivity contribution >= 4 is 23.2 Å². The number of nitrogens with two attached hydrogens (primary N) is 1. The maximum Gasteiger partial charge on any atom is 0.417 e. The maximum atomic E-state index is 15.4. The number of hydrogen-bond acceptors (Lipinski definition) is 4. The van der Waals surface area contributed by atoms with E-state index in [2.05, 4.69) is 10.2 Å². The minimum atomic E-state index is -5.02. The highest BCUT2D eigenvalue weighted by Crippen LogP contribution is 2.37. The van der Waals surface area contributed by atoms with Crippen LogP contribution in [0.5, 0.6) is 0 Å². The van der Waals surface area contributed by atoms with Gasteiger partial charge in [0.1, 0.15) is 17.5 Å². The van der Waals surface area contributed by atoms with Crippen molar-refractivity contribution in [2.45, 2.75) is 19.1 Å². The molecule has 1 aliphatic rings. The highest BCUT2D eigenvalue weighted by Gasteiger charge is 2.36. The Morgan fingerprint density at radius 2 is 1.64 bits per heavy atom. The lowest BCUT2D eigenvalue weighted by atomic mass is 10.00. The normalized spacial score (nSPS) is 16.3. The Balaban J connectivity index is 1.82. The summed E-state index contributed by atoms with van der Waals surface area (Å²) < 4.78 is 84.1. The van der Waals surface area contributed by atoms with Gasteiger partial charge in [-0.25, -0.2) is 13.2 Å². The molecule has 0 bridgehead atoms. The van der Waals surface area contributed by atoms with Gasteiger partial charge < -0.3 is 20.9 Å². The molecule has 1 unspecified atom stereocenters. The number of alkyl halides is 3. The Morgan fingerprint density at radius 1 is 0.949 bits per heavy atom. The van der Waals surface area contributed by atoms with E-state index >= 15 is 4.39 Å². The van der Waals surface area contributed by atoms with Gasteiger partial charge in [0.05, 0.1) is 28.1 Å². The van der Waals surface area contributed by atoms with Crippen LogP contribution in [-0.2, 0) is 6.18 Å². The zero-order valence-electron chi connectivity index (χ0n) is 20.9. The van der Waals surface area contributed by atoms with Gasteiger partial charge in [-0.15, -0.1) is 0 Å². The molecule has 3 aromatic carbocycles. The van der Waals surface area contributed by atoms with E-state index in [1.807, 2.05) is 14.0 Å². The first-order valence-corrected chi connectivity index (χ1v) is 11.8. The topological polar surface area (TPSA) is 78.7 Å². The summed E-state index contributed by atoms with van der Waals surface area (Å²) >= 11 is 0. The van der Waals surface area contributed by atoms with Crippen molar-refractivity contribution in [3.8, 4) is 11.1 Å². The zero-order chi connectivity index (χ0) is 28.6. The fraction of sp³-hybridized carbons (Fsp3) is 0.259. The lowest BCUT2D eigenvalue weighted by Gasteiger charge is -2.39. The van der Waals surface area contributed by atoms with E-state index < -0.39 is 52.1 Å². The molecule has 12 heteroatoms. The molecule has 1 fully saturated rings. The molecular formula is C27H24F6N4O2. The van der Waals surface area contributed by atoms with Gasteiger partial charge >= 0.3 is 6.18 Å². The summed E-state index contributed by atoms with van der Waals surface area (Å²) in [6, 6.07) is 7.22. The van der Waals surface area contributed by atoms with E-state index in [0.717, 1.165) is 24.3 Å². The van der Waals surface area contributed by atoms with Gasteiger partial charge in [-0.1, -0.05) is 6.07 Å². The number of piperazine rings is 1. The van der Waals surface area contributed by atoms with Crippen molar-refractivity contribution in [3.63, 3.8) is 0 Å². The molecule has 4 rings (SSSR count). The molecule has 1 aliphatic heterocycles. The van der Waals surface area contributed by atoms with Gasteiger partial charge in [0.2, 0.25) is 0 Å². The quantitative estimate of drug-likeness (QED) is 0.424. The van der Waals surface area contributed by atoms with E-state index in [1.54, 1.807) is 4.90 Å². The summed E-state index contributed by atoms with van der Waals surface area (Å²) in [7, 11) is 1.91. The van der Waals surface area contributed by atoms with Crippen molar-refractivity contribution < 1.29 is 35.9 Å². The van der Waals surface area contributed by atoms with Crippen LogP contribution in [0.1, 0.15) is 33.2 Å². The van der Waals surface area contributed by atoms with Crippen LogP contribution in [0, 0.1) is 17.5 Å². The Labute approximate surface area is 220 Å². The Morgan fingerprint density at radius 3 is 2.26 bits per heavy atom. The van der Waals surface area contributed by atoms with Gasteiger partial charge in [0.25, 0.3) is 11.8 Å². The smallest absolute Gasteiger partial charge is 0.367 e. The third kappa shape index (κ3) is 5.85. The highest BCUT2D eigenvalue weighted by molar-refractivity contribution is 6.07. The monoisotopic (exact) mass is 550 g/mol. The molecule has 39 heavy (non-hydrogen) atoms. The average Bonchev–Trinajstić information content (AvgIpc) is 2.85. The van der Waals surface area contributed by atoms with Crippen molar-refractivity contribution in [3.05, 3.63) is 82.7 Å². The molecule has 1 atom stereocenters. The molecule has 1 heterocycles. The fourth-order valence-electron chi connectivity index (χ4n) is 4.43. The fourth-order valence-corrected chi connectivity index (χ4v) is 4.43. The van der Waals surface area contributed by atoms with E-state index in [4.69, 9.17) is 5.73 Å². The number of rotatable bonds is 5. The Bertz CT molecular complexity index is 1440. The number of benzene rings is 3. The number of nitrogens with one attached hydrogen (secondary N) is 1. The Hall–Kier alpha value is -4.06. The number of primary amides is 1. The summed E-state index contributed by atoms with van der Waals surface area (Å²) in [6.07, 6.45) is -5.02. The SMILES string of the molecule is CC1CN(c2cc(F)c(-c3ccc(C(N)=O)c(F)c3)cc2NC(=O)c2ccc(F)cc2C(F)(F)F)CCN1C. The van der Waals surface area contributed by atoms with Crippen LogP contribution >= 0.6 is 0 Å². The molecule has 0 aromatic heterocycles. The van der Waals surface area contributed by atoms with Crippen LogP contribution in [0.3, 0.4) is 0 Å². The van der Waals surface area contributed by atoms with Crippen molar-refractivity contribution in [1.29, 1.82) is 0 Å². The van der Waals surface area contributed by atoms with E-state index in [1.165, 1.54) is 12.1 Å². The summed E-state index contributed by atoms with van der Waals surface area (Å²) in [4.78, 5) is 28.3. The summed E-state index contributed by atoms with van der Waals surface area (Å²) in [5.74, 6) is -5.18. The standard InChI is InChI=1S/C27H24F6N4O2/c1-14-13-37(8-7-36(14)2)24-12-22(30)19(15-3-5-18(25(34)38)21(29)9-15)11-23(24)35-26(39)17-6-4-16(28)10-20(17)27(31,32)33/h3-6,9-12,14H,7-8,13H2,1-2H3,(H2,34,38)(H,35,39). The first-order valence-electron chi connectivity index (χ1n) is 11.8. The molecule has 2 amide bonds. The number of anilines is 2. The van der Waals surface area contributed by atoms with Crippen LogP contribution in [0.2, 0.25) is 0 Å². The van der Waals surface area contributed by atoms with Crippen LogP contribution < -0.4 is 16.0 Å². The zero-order valence-corrected chi connectivity index (χ0v) is 20.9. The van der Waals surface area contributed by atoms with Crippen molar-refractivity contribution in [1.82, 2.24) is 4.90 Å². The Kier molecular flexibility index (Phi) is 7.60. The van der Waals surface area contributed by atoms with Gasteiger partial charge in [0, 0.05) is 31.2 Å². The van der Waals surface area contributed by atoms with Crippen LogP contribution in [-0.4, -0.2) is 49.4 Å². The number of halogens is 6. The summed E-state index contributed by atoms with van der Waals surface area (Å²) in [5, 5.41) is 2.41. The maximum absolute atomic E-state index is 15.4. The first-order chi connectivity index (χ1) is 18.3. The minimum Gasteiger partial charge on any atom is -0.367 e. The lowest BCUT2D eigenvalue weighted by molar-refractivity contribution is -0.138. The molecule has 0 aliphatic carbocycles. The average molecular weight is 551 g/mol. The first kappa shape index (κ1) is 28.0. The second kappa shape index (κ2) is 10.6. The predicted octanol–water partition coefficient (Wildman–Crippen LogP) is 5.28. The number of hydrogen-bond donors (Lipinski definition) is 2. The minimum absolute atomic E-state index is 0.00144. The number of amides is 2. The second-order valence-corrected chi connectivity index (χ2v) is 9.33. The number of likely N-dealkylation sites (N-methyl/N-ethyl adjacent to an activating group) is 1. The highest BCUT2D eigenvalue weighted by atomic mass is 19.4. The third-order valence-corrected chi connectivity index (χ3v) is 6.71. The van der Waals surface area contributed by atoms with Gasteiger partial charge in [-0.05, 0) is 62.0 Å². The summed E-state index contributed by atoms with van der Waals surface area (Å²) in [6.45, 7) is 3.37. The predicted molar refractivity (Wildman–Crippen MR) is 134 cm³/mol. The van der Waals surface area contributed by atoms with Crippen LogP contribution in [0.15, 0.2) is 48.5 Å². The molecule has 3 aromatic rings. The molecule has 6 nitrogen and oxygen atoms in total. The molecule has 0 saturated carbocycles. The van der Waals surface area contributed by atoms with Crippen molar-refractivity contribution in [2.24, 2.45) is 5.73 Å². The van der Waals surface area contributed by atoms with E-state index in [0.29, 0.717) is 25.7 Å². The summed E-state index contributed by atoms with van der Waals surface area (Å²) in [5.41, 5.74) is 2.41. The van der Waals surface area contributed by atoms with Gasteiger partial charge in [-0.2, -0.15) is 13.2 Å². The molecule has 3 N–H and O–H groups in total. The van der Waals surface area contributed by atoms with Gasteiger partial charge in [0.15, 0.2) is 0 Å². The van der Waals surface area contributed by atoms with Crippen LogP contribution in [0.25, 0.3) is 11.1 Å². The molecule has 0 spiro atoms. The number of carbonyl (C=O) groups is 2.